The van der Waals surface area contributed by atoms with Gasteiger partial charge in [0.25, 0.3) is 0 Å². The van der Waals surface area contributed by atoms with Gasteiger partial charge in [0.15, 0.2) is 0 Å². The lowest BCUT2D eigenvalue weighted by Crippen LogP contribution is -2.11. The molecular formula is C12H12BrNS. The Hall–Kier alpha value is -0.640. The number of nitrogens with two attached hydrogens (primary N) is 1. The van der Waals surface area contributed by atoms with E-state index in [9.17, 15) is 0 Å². The summed E-state index contributed by atoms with van der Waals surface area (Å²) in [5, 5.41) is 2.05. The lowest BCUT2D eigenvalue weighted by molar-refractivity contribution is 0.885. The first kappa shape index (κ1) is 10.9. The van der Waals surface area contributed by atoms with Gasteiger partial charge >= 0.3 is 0 Å². The Labute approximate surface area is 102 Å². The largest absolute Gasteiger partial charge is 0.320 e. The normalized spacial score (nSPS) is 12.7. The van der Waals surface area contributed by atoms with Crippen LogP contribution in [0.15, 0.2) is 40.2 Å². The fourth-order valence-electron chi connectivity index (χ4n) is 1.52. The van der Waals surface area contributed by atoms with Gasteiger partial charge in [0.1, 0.15) is 0 Å². The number of rotatable bonds is 2. The molecule has 1 aromatic carbocycles. The highest BCUT2D eigenvalue weighted by Gasteiger charge is 2.12. The molecule has 0 aliphatic rings. The summed E-state index contributed by atoms with van der Waals surface area (Å²) in [6.45, 7) is 2.08. The van der Waals surface area contributed by atoms with Crippen molar-refractivity contribution in [2.24, 2.45) is 5.73 Å². The van der Waals surface area contributed by atoms with Gasteiger partial charge in [0.2, 0.25) is 0 Å². The van der Waals surface area contributed by atoms with Gasteiger partial charge in [-0.15, -0.1) is 11.3 Å². The molecule has 1 aromatic heterocycles. The van der Waals surface area contributed by atoms with E-state index in [1.165, 1.54) is 10.4 Å². The number of halogens is 1. The van der Waals surface area contributed by atoms with Gasteiger partial charge in [-0.25, -0.2) is 0 Å². The first-order chi connectivity index (χ1) is 7.18. The molecule has 1 heterocycles. The van der Waals surface area contributed by atoms with Gasteiger partial charge in [-0.05, 0) is 30.0 Å². The molecule has 2 rings (SSSR count). The minimum absolute atomic E-state index is 0.0284. The number of hydrogen-bond donors (Lipinski definition) is 1. The molecule has 0 fully saturated rings. The quantitative estimate of drug-likeness (QED) is 0.889. The number of aryl methyl sites for hydroxylation is 1. The average molecular weight is 282 g/mol. The molecule has 0 saturated heterocycles. The van der Waals surface area contributed by atoms with E-state index in [1.54, 1.807) is 11.3 Å². The van der Waals surface area contributed by atoms with Gasteiger partial charge in [-0.2, -0.15) is 0 Å². The summed E-state index contributed by atoms with van der Waals surface area (Å²) in [4.78, 5) is 1.20. The highest BCUT2D eigenvalue weighted by Crippen LogP contribution is 2.29. The molecule has 0 aliphatic carbocycles. The van der Waals surface area contributed by atoms with Crippen LogP contribution in [0.25, 0.3) is 0 Å². The molecule has 15 heavy (non-hydrogen) atoms. The third-order valence-corrected chi connectivity index (χ3v) is 4.01. The van der Waals surface area contributed by atoms with Crippen molar-refractivity contribution in [3.05, 3.63) is 56.2 Å². The zero-order valence-corrected chi connectivity index (χ0v) is 10.8. The fraction of sp³-hybridized carbons (Fsp3) is 0.167. The van der Waals surface area contributed by atoms with Gasteiger partial charge in [-0.3, -0.25) is 0 Å². The van der Waals surface area contributed by atoms with E-state index in [1.807, 2.05) is 6.07 Å². The van der Waals surface area contributed by atoms with Crippen molar-refractivity contribution in [3.8, 4) is 0 Å². The van der Waals surface area contributed by atoms with Crippen LogP contribution in [0.3, 0.4) is 0 Å². The fourth-order valence-corrected chi connectivity index (χ4v) is 2.76. The molecule has 2 N–H and O–H groups in total. The predicted octanol–water partition coefficient (Wildman–Crippen LogP) is 3.87. The van der Waals surface area contributed by atoms with E-state index in [4.69, 9.17) is 5.73 Å². The maximum Gasteiger partial charge on any atom is 0.0657 e. The topological polar surface area (TPSA) is 26.0 Å². The zero-order chi connectivity index (χ0) is 10.8. The van der Waals surface area contributed by atoms with Crippen molar-refractivity contribution >= 4 is 27.3 Å². The minimum atomic E-state index is -0.0284. The molecule has 0 aliphatic heterocycles. The smallest absolute Gasteiger partial charge is 0.0657 e. The van der Waals surface area contributed by atoms with E-state index >= 15 is 0 Å². The zero-order valence-electron chi connectivity index (χ0n) is 8.41. The summed E-state index contributed by atoms with van der Waals surface area (Å²) >= 11 is 5.24. The first-order valence-corrected chi connectivity index (χ1v) is 6.41. The summed E-state index contributed by atoms with van der Waals surface area (Å²) in [5.74, 6) is 0. The molecule has 1 nitrogen and oxygen atoms in total. The molecule has 0 saturated carbocycles. The summed E-state index contributed by atoms with van der Waals surface area (Å²) in [7, 11) is 0. The van der Waals surface area contributed by atoms with Crippen molar-refractivity contribution in [2.45, 2.75) is 13.0 Å². The lowest BCUT2D eigenvalue weighted by atomic mass is 10.0. The summed E-state index contributed by atoms with van der Waals surface area (Å²) in [5.41, 5.74) is 8.60. The van der Waals surface area contributed by atoms with E-state index in [2.05, 4.69) is 52.5 Å². The Morgan fingerprint density at radius 2 is 2.13 bits per heavy atom. The maximum absolute atomic E-state index is 6.21. The maximum atomic E-state index is 6.21. The van der Waals surface area contributed by atoms with E-state index in [0.29, 0.717) is 0 Å². The van der Waals surface area contributed by atoms with Gasteiger partial charge < -0.3 is 5.73 Å². The molecule has 1 atom stereocenters. The van der Waals surface area contributed by atoms with Crippen molar-refractivity contribution in [1.82, 2.24) is 0 Å². The minimum Gasteiger partial charge on any atom is -0.320 e. The molecule has 3 heteroatoms. The lowest BCUT2D eigenvalue weighted by Gasteiger charge is -2.12. The summed E-state index contributed by atoms with van der Waals surface area (Å²) in [6, 6.07) is 10.3. The van der Waals surface area contributed by atoms with Gasteiger partial charge in [0, 0.05) is 9.35 Å². The van der Waals surface area contributed by atoms with E-state index in [-0.39, 0.29) is 6.04 Å². The standard InChI is InChI=1S/C12H12BrNS/c1-8-4-5-10(13)9(7-8)12(14)11-3-2-6-15-11/h2-7,12H,14H2,1H3. The molecule has 0 bridgehead atoms. The van der Waals surface area contributed by atoms with Gasteiger partial charge in [-0.1, -0.05) is 39.7 Å². The molecule has 0 amide bonds. The monoisotopic (exact) mass is 281 g/mol. The van der Waals surface area contributed by atoms with E-state index < -0.39 is 0 Å². The summed E-state index contributed by atoms with van der Waals surface area (Å²) in [6.07, 6.45) is 0. The van der Waals surface area contributed by atoms with Gasteiger partial charge in [0.05, 0.1) is 6.04 Å². The second-order valence-electron chi connectivity index (χ2n) is 3.52. The van der Waals surface area contributed by atoms with Crippen molar-refractivity contribution in [1.29, 1.82) is 0 Å². The first-order valence-electron chi connectivity index (χ1n) is 4.73. The predicted molar refractivity (Wildman–Crippen MR) is 69.2 cm³/mol. The molecule has 0 radical (unpaired) electrons. The van der Waals surface area contributed by atoms with Crippen LogP contribution in [0.4, 0.5) is 0 Å². The second kappa shape index (κ2) is 4.47. The second-order valence-corrected chi connectivity index (χ2v) is 5.35. The third-order valence-electron chi connectivity index (χ3n) is 2.34. The third kappa shape index (κ3) is 2.30. The van der Waals surface area contributed by atoms with E-state index in [0.717, 1.165) is 10.0 Å². The SMILES string of the molecule is Cc1ccc(Br)c(C(N)c2cccs2)c1. The molecule has 78 valence electrons. The Bertz CT molecular complexity index is 451. The van der Waals surface area contributed by atoms with Crippen LogP contribution in [0.1, 0.15) is 22.0 Å². The van der Waals surface area contributed by atoms with Crippen LogP contribution in [-0.4, -0.2) is 0 Å². The Kier molecular flexibility index (Phi) is 3.24. The van der Waals surface area contributed by atoms with Crippen LogP contribution in [-0.2, 0) is 0 Å². The van der Waals surface area contributed by atoms with Crippen LogP contribution >= 0.6 is 27.3 Å². The van der Waals surface area contributed by atoms with Crippen molar-refractivity contribution < 1.29 is 0 Å². The molecular weight excluding hydrogens is 270 g/mol. The van der Waals surface area contributed by atoms with Crippen molar-refractivity contribution in [3.63, 3.8) is 0 Å². The number of thiophene rings is 1. The van der Waals surface area contributed by atoms with Crippen LogP contribution in [0.5, 0.6) is 0 Å². The van der Waals surface area contributed by atoms with Crippen LogP contribution < -0.4 is 5.73 Å². The van der Waals surface area contributed by atoms with Crippen molar-refractivity contribution in [2.75, 3.05) is 0 Å². The summed E-state index contributed by atoms with van der Waals surface area (Å²) < 4.78 is 1.08. The number of hydrogen-bond acceptors (Lipinski definition) is 2. The Morgan fingerprint density at radius 3 is 2.80 bits per heavy atom. The molecule has 1 unspecified atom stereocenters. The highest BCUT2D eigenvalue weighted by molar-refractivity contribution is 9.10. The van der Waals surface area contributed by atoms with Crippen LogP contribution in [0.2, 0.25) is 0 Å². The molecule has 2 aromatic rings. The average Bonchev–Trinajstić information content (AvgIpc) is 2.74. The number of benzene rings is 1. The Morgan fingerprint density at radius 1 is 1.33 bits per heavy atom. The Balaban J connectivity index is 2.41. The molecule has 0 spiro atoms. The van der Waals surface area contributed by atoms with Crippen LogP contribution in [0, 0.1) is 6.92 Å². The highest BCUT2D eigenvalue weighted by atomic mass is 79.9.